The summed E-state index contributed by atoms with van der Waals surface area (Å²) < 4.78 is 30.8. The predicted molar refractivity (Wildman–Crippen MR) is 132 cm³/mol. The van der Waals surface area contributed by atoms with Gasteiger partial charge >= 0.3 is 6.61 Å². The second kappa shape index (κ2) is 9.78. The number of amides is 2. The molecular weight excluding hydrogens is 490 g/mol. The molecule has 2 amide bonds. The van der Waals surface area contributed by atoms with Crippen molar-refractivity contribution in [1.82, 2.24) is 9.55 Å². The van der Waals surface area contributed by atoms with E-state index in [4.69, 9.17) is 0 Å². The van der Waals surface area contributed by atoms with Crippen molar-refractivity contribution < 1.29 is 23.1 Å². The zero-order valence-corrected chi connectivity index (χ0v) is 19.4. The Bertz CT molecular complexity index is 1530. The van der Waals surface area contributed by atoms with E-state index in [1.165, 1.54) is 33.7 Å². The first-order chi connectivity index (χ1) is 17.4. The molecule has 11 heteroatoms. The summed E-state index contributed by atoms with van der Waals surface area (Å²) in [6, 6.07) is 19.4. The highest BCUT2D eigenvalue weighted by Gasteiger charge is 2.27. The molecule has 5 rings (SSSR count). The molecule has 0 unspecified atom stereocenters. The van der Waals surface area contributed by atoms with Crippen molar-refractivity contribution in [2.24, 2.45) is 0 Å². The number of rotatable bonds is 6. The van der Waals surface area contributed by atoms with Crippen LogP contribution < -0.4 is 20.5 Å². The summed E-state index contributed by atoms with van der Waals surface area (Å²) in [5.41, 5.74) is 1.58. The molecular formula is C25H18F2N4O4S. The summed E-state index contributed by atoms with van der Waals surface area (Å²) >= 11 is 1.04. The molecule has 1 aliphatic heterocycles. The minimum atomic E-state index is -2.97. The molecule has 1 aliphatic rings. The Balaban J connectivity index is 1.49. The number of hydrogen-bond acceptors (Lipinski definition) is 6. The van der Waals surface area contributed by atoms with Crippen molar-refractivity contribution in [3.63, 3.8) is 0 Å². The number of anilines is 2. The number of ether oxygens (including phenoxy) is 1. The number of para-hydroxylation sites is 3. The summed E-state index contributed by atoms with van der Waals surface area (Å²) in [5.74, 6) is -0.795. The molecule has 0 spiro atoms. The first kappa shape index (κ1) is 23.5. The fourth-order valence-corrected chi connectivity index (χ4v) is 4.76. The molecule has 1 aromatic heterocycles. The highest BCUT2D eigenvalue weighted by molar-refractivity contribution is 7.99. The van der Waals surface area contributed by atoms with Crippen molar-refractivity contribution in [3.05, 3.63) is 83.2 Å². The third-order valence-corrected chi connectivity index (χ3v) is 6.38. The van der Waals surface area contributed by atoms with Gasteiger partial charge in [0.2, 0.25) is 11.8 Å². The van der Waals surface area contributed by atoms with Gasteiger partial charge in [-0.3, -0.25) is 19.0 Å². The topological polar surface area (TPSA) is 93.5 Å². The van der Waals surface area contributed by atoms with Crippen LogP contribution in [0.15, 0.2) is 82.7 Å². The third kappa shape index (κ3) is 4.65. The number of hydrogen-bond donors (Lipinski definition) is 1. The van der Waals surface area contributed by atoms with Gasteiger partial charge in [0.25, 0.3) is 5.56 Å². The van der Waals surface area contributed by atoms with E-state index >= 15 is 0 Å². The van der Waals surface area contributed by atoms with Crippen LogP contribution in [-0.4, -0.2) is 40.3 Å². The lowest BCUT2D eigenvalue weighted by Gasteiger charge is -2.29. The van der Waals surface area contributed by atoms with E-state index < -0.39 is 6.61 Å². The molecule has 1 N–H and O–H groups in total. The molecule has 0 atom stereocenters. The Morgan fingerprint density at radius 1 is 1.03 bits per heavy atom. The molecule has 36 heavy (non-hydrogen) atoms. The number of carbonyl (C=O) groups excluding carboxylic acids is 2. The predicted octanol–water partition coefficient (Wildman–Crippen LogP) is 4.06. The molecule has 0 bridgehead atoms. The van der Waals surface area contributed by atoms with Crippen molar-refractivity contribution in [1.29, 1.82) is 0 Å². The van der Waals surface area contributed by atoms with Crippen molar-refractivity contribution in [2.75, 3.05) is 22.5 Å². The molecule has 182 valence electrons. The van der Waals surface area contributed by atoms with Gasteiger partial charge in [-0.25, -0.2) is 4.98 Å². The van der Waals surface area contributed by atoms with Crippen LogP contribution in [0.4, 0.5) is 20.2 Å². The van der Waals surface area contributed by atoms with Crippen LogP contribution in [0.1, 0.15) is 0 Å². The van der Waals surface area contributed by atoms with E-state index in [0.717, 1.165) is 11.8 Å². The Kier molecular flexibility index (Phi) is 6.38. The number of benzene rings is 3. The molecule has 0 saturated carbocycles. The van der Waals surface area contributed by atoms with Gasteiger partial charge in [-0.15, -0.1) is 0 Å². The molecule has 0 aliphatic carbocycles. The van der Waals surface area contributed by atoms with Gasteiger partial charge in [0.1, 0.15) is 12.3 Å². The fraction of sp³-hybridized carbons (Fsp3) is 0.120. The maximum atomic E-state index is 13.4. The number of thioether (sulfide) groups is 1. The number of halogens is 2. The van der Waals surface area contributed by atoms with E-state index in [2.05, 4.69) is 15.0 Å². The highest BCUT2D eigenvalue weighted by Crippen LogP contribution is 2.30. The second-order valence-electron chi connectivity index (χ2n) is 7.76. The summed E-state index contributed by atoms with van der Waals surface area (Å²) in [6.45, 7) is -3.10. The fourth-order valence-electron chi connectivity index (χ4n) is 3.87. The average Bonchev–Trinajstić information content (AvgIpc) is 2.87. The maximum Gasteiger partial charge on any atom is 0.387 e. The lowest BCUT2D eigenvalue weighted by molar-refractivity contribution is -0.120. The van der Waals surface area contributed by atoms with Gasteiger partial charge in [-0.05, 0) is 48.5 Å². The molecule has 4 aromatic rings. The lowest BCUT2D eigenvalue weighted by Crippen LogP contribution is -2.43. The number of aromatic nitrogens is 2. The third-order valence-electron chi connectivity index (χ3n) is 5.46. The standard InChI is InChI=1S/C25H18F2N4O4S/c26-24(27)35-16-11-9-15(10-12-16)31-23(34)17-5-1-2-6-18(17)29-25(31)36-14-22(33)30-13-21(32)28-19-7-3-4-8-20(19)30/h1-12,24H,13-14H2,(H,28,32). The second-order valence-corrected chi connectivity index (χ2v) is 8.70. The quantitative estimate of drug-likeness (QED) is 0.312. The summed E-state index contributed by atoms with van der Waals surface area (Å²) in [5, 5.41) is 3.34. The maximum absolute atomic E-state index is 13.4. The summed E-state index contributed by atoms with van der Waals surface area (Å²) in [7, 11) is 0. The molecule has 0 fully saturated rings. The summed E-state index contributed by atoms with van der Waals surface area (Å²) in [4.78, 5) is 44.6. The van der Waals surface area contributed by atoms with Crippen molar-refractivity contribution >= 4 is 45.9 Å². The Labute approximate surface area is 207 Å². The van der Waals surface area contributed by atoms with Crippen LogP contribution in [-0.2, 0) is 9.59 Å². The first-order valence-corrected chi connectivity index (χ1v) is 11.8. The smallest absolute Gasteiger partial charge is 0.387 e. The Morgan fingerprint density at radius 3 is 2.53 bits per heavy atom. The normalized spacial score (nSPS) is 13.0. The van der Waals surface area contributed by atoms with Crippen LogP contribution in [0, 0.1) is 0 Å². The zero-order valence-electron chi connectivity index (χ0n) is 18.6. The van der Waals surface area contributed by atoms with Gasteiger partial charge in [0.15, 0.2) is 5.16 Å². The van der Waals surface area contributed by atoms with Crippen LogP contribution in [0.25, 0.3) is 16.6 Å². The molecule has 8 nitrogen and oxygen atoms in total. The number of carbonyl (C=O) groups is 2. The van der Waals surface area contributed by atoms with E-state index in [9.17, 15) is 23.2 Å². The minimum absolute atomic E-state index is 0.0537. The number of nitrogens with one attached hydrogen (secondary N) is 1. The van der Waals surface area contributed by atoms with Gasteiger partial charge in [0.05, 0.1) is 33.7 Å². The first-order valence-electron chi connectivity index (χ1n) is 10.8. The van der Waals surface area contributed by atoms with E-state index in [-0.39, 0.29) is 40.6 Å². The van der Waals surface area contributed by atoms with Crippen LogP contribution in [0.2, 0.25) is 0 Å². The van der Waals surface area contributed by atoms with Gasteiger partial charge < -0.3 is 15.0 Å². The van der Waals surface area contributed by atoms with Crippen LogP contribution >= 0.6 is 11.8 Å². The van der Waals surface area contributed by atoms with Crippen molar-refractivity contribution in [2.45, 2.75) is 11.8 Å². The largest absolute Gasteiger partial charge is 0.435 e. The zero-order chi connectivity index (χ0) is 25.2. The molecule has 3 aromatic carbocycles. The molecule has 0 saturated heterocycles. The monoisotopic (exact) mass is 508 g/mol. The number of fused-ring (bicyclic) bond motifs is 2. The van der Waals surface area contributed by atoms with Crippen LogP contribution in [0.5, 0.6) is 5.75 Å². The van der Waals surface area contributed by atoms with E-state index in [0.29, 0.717) is 28.0 Å². The number of alkyl halides is 2. The van der Waals surface area contributed by atoms with Gasteiger partial charge in [-0.2, -0.15) is 8.78 Å². The van der Waals surface area contributed by atoms with E-state index in [1.807, 2.05) is 0 Å². The van der Waals surface area contributed by atoms with Gasteiger partial charge in [-0.1, -0.05) is 36.0 Å². The molecule has 2 heterocycles. The SMILES string of the molecule is O=C1CN(C(=O)CSc2nc3ccccc3c(=O)n2-c2ccc(OC(F)F)cc2)c2ccccc2N1. The van der Waals surface area contributed by atoms with Gasteiger partial charge in [0, 0.05) is 0 Å². The number of nitrogens with zero attached hydrogens (tertiary/aromatic N) is 3. The van der Waals surface area contributed by atoms with Crippen molar-refractivity contribution in [3.8, 4) is 11.4 Å². The highest BCUT2D eigenvalue weighted by atomic mass is 32.2. The van der Waals surface area contributed by atoms with E-state index in [1.54, 1.807) is 48.5 Å². The van der Waals surface area contributed by atoms with Crippen LogP contribution in [0.3, 0.4) is 0 Å². The summed E-state index contributed by atoms with van der Waals surface area (Å²) in [6.07, 6.45) is 0. The average molecular weight is 509 g/mol. The molecule has 0 radical (unpaired) electrons. The lowest BCUT2D eigenvalue weighted by atomic mass is 10.2. The minimum Gasteiger partial charge on any atom is -0.435 e. The Hall–Kier alpha value is -4.25. The Morgan fingerprint density at radius 2 is 1.75 bits per heavy atom.